The van der Waals surface area contributed by atoms with Gasteiger partial charge in [-0.15, -0.1) is 0 Å². The lowest BCUT2D eigenvalue weighted by molar-refractivity contribution is 0.0993. The van der Waals surface area contributed by atoms with E-state index >= 15 is 0 Å². The molecule has 1 aromatic rings. The quantitative estimate of drug-likeness (QED) is 0.865. The minimum Gasteiger partial charge on any atom is -0.489 e. The molecule has 2 heteroatoms. The number of hydrogen-bond acceptors (Lipinski definition) is 2. The first-order valence-electron chi connectivity index (χ1n) is 6.77. The van der Waals surface area contributed by atoms with E-state index in [1.165, 1.54) is 19.3 Å². The molecule has 17 heavy (non-hydrogen) atoms. The van der Waals surface area contributed by atoms with Crippen LogP contribution in [0.2, 0.25) is 0 Å². The number of nitrogens with two attached hydrogens (primary N) is 1. The predicted octanol–water partition coefficient (Wildman–Crippen LogP) is 3.36. The van der Waals surface area contributed by atoms with E-state index in [0.29, 0.717) is 0 Å². The summed E-state index contributed by atoms with van der Waals surface area (Å²) in [5.74, 6) is 1.75. The third kappa shape index (κ3) is 3.47. The van der Waals surface area contributed by atoms with Gasteiger partial charge in [-0.1, -0.05) is 38.0 Å². The molecule has 3 atom stereocenters. The van der Waals surface area contributed by atoms with Crippen LogP contribution in [0.25, 0.3) is 0 Å². The van der Waals surface area contributed by atoms with Crippen LogP contribution >= 0.6 is 0 Å². The van der Waals surface area contributed by atoms with Gasteiger partial charge in [0, 0.05) is 6.04 Å². The van der Waals surface area contributed by atoms with Crippen LogP contribution in [-0.2, 0) is 0 Å². The highest BCUT2D eigenvalue weighted by Crippen LogP contribution is 2.29. The minimum atomic E-state index is 0.197. The molecule has 0 amide bonds. The number of hydrogen-bond donors (Lipinski definition) is 1. The molecule has 1 fully saturated rings. The average molecular weight is 233 g/mol. The molecule has 0 radical (unpaired) electrons. The smallest absolute Gasteiger partial charge is 0.119 e. The Hall–Kier alpha value is -1.02. The van der Waals surface area contributed by atoms with E-state index in [4.69, 9.17) is 10.5 Å². The number of para-hydroxylation sites is 1. The fraction of sp³-hybridized carbons (Fsp3) is 0.600. The Kier molecular flexibility index (Phi) is 4.43. The zero-order chi connectivity index (χ0) is 12.1. The third-order valence-corrected chi connectivity index (χ3v) is 3.68. The zero-order valence-corrected chi connectivity index (χ0v) is 10.6. The normalized spacial score (nSPS) is 28.9. The Bertz CT molecular complexity index is 325. The molecule has 2 nitrogen and oxygen atoms in total. The first kappa shape index (κ1) is 12.4. The van der Waals surface area contributed by atoms with E-state index in [1.54, 1.807) is 0 Å². The Morgan fingerprint density at radius 1 is 1.24 bits per heavy atom. The first-order valence-corrected chi connectivity index (χ1v) is 6.77. The van der Waals surface area contributed by atoms with Crippen LogP contribution in [0.1, 0.15) is 39.0 Å². The first-order chi connectivity index (χ1) is 8.29. The topological polar surface area (TPSA) is 35.2 Å². The highest BCUT2D eigenvalue weighted by molar-refractivity contribution is 5.21. The van der Waals surface area contributed by atoms with Crippen molar-refractivity contribution in [3.05, 3.63) is 30.3 Å². The highest BCUT2D eigenvalue weighted by atomic mass is 16.5. The number of ether oxygens (including phenoxy) is 1. The summed E-state index contributed by atoms with van der Waals surface area (Å²) >= 11 is 0. The second-order valence-electron chi connectivity index (χ2n) is 5.10. The van der Waals surface area contributed by atoms with Gasteiger partial charge in [-0.3, -0.25) is 0 Å². The van der Waals surface area contributed by atoms with E-state index in [9.17, 15) is 0 Å². The molecule has 2 N–H and O–H groups in total. The van der Waals surface area contributed by atoms with E-state index < -0.39 is 0 Å². The third-order valence-electron chi connectivity index (χ3n) is 3.68. The van der Waals surface area contributed by atoms with Gasteiger partial charge in [0.25, 0.3) is 0 Å². The molecule has 1 saturated carbocycles. The summed E-state index contributed by atoms with van der Waals surface area (Å²) in [5.41, 5.74) is 6.16. The summed E-state index contributed by atoms with van der Waals surface area (Å²) in [6.45, 7) is 2.25. The molecule has 2 rings (SSSR count). The largest absolute Gasteiger partial charge is 0.489 e. The summed E-state index contributed by atoms with van der Waals surface area (Å²) in [4.78, 5) is 0. The maximum absolute atomic E-state index is 6.16. The monoisotopic (exact) mass is 233 g/mol. The fourth-order valence-electron chi connectivity index (χ4n) is 2.72. The maximum Gasteiger partial charge on any atom is 0.119 e. The summed E-state index contributed by atoms with van der Waals surface area (Å²) < 4.78 is 6.02. The van der Waals surface area contributed by atoms with Gasteiger partial charge < -0.3 is 10.5 Å². The van der Waals surface area contributed by atoms with Crippen LogP contribution in [0, 0.1) is 5.92 Å². The van der Waals surface area contributed by atoms with Gasteiger partial charge in [-0.05, 0) is 37.3 Å². The van der Waals surface area contributed by atoms with Crippen molar-refractivity contribution in [2.45, 2.75) is 51.2 Å². The van der Waals surface area contributed by atoms with Crippen molar-refractivity contribution >= 4 is 0 Å². The lowest BCUT2D eigenvalue weighted by Crippen LogP contribution is -2.43. The molecule has 94 valence electrons. The predicted molar refractivity (Wildman–Crippen MR) is 71.1 cm³/mol. The van der Waals surface area contributed by atoms with Crippen LogP contribution in [0.15, 0.2) is 30.3 Å². The van der Waals surface area contributed by atoms with Crippen LogP contribution < -0.4 is 10.5 Å². The van der Waals surface area contributed by atoms with Crippen molar-refractivity contribution < 1.29 is 4.74 Å². The fourth-order valence-corrected chi connectivity index (χ4v) is 2.72. The molecular weight excluding hydrogens is 210 g/mol. The molecule has 1 aliphatic carbocycles. The zero-order valence-electron chi connectivity index (χ0n) is 10.6. The standard InChI is InChI=1S/C15H23NO/c1-2-6-12-9-10-14(16)15(11-12)17-13-7-4-3-5-8-13/h3-5,7-8,12,14-15H,2,6,9-11,16H2,1H3. The molecule has 0 aromatic heterocycles. The van der Waals surface area contributed by atoms with Crippen molar-refractivity contribution in [2.75, 3.05) is 0 Å². The molecule has 3 unspecified atom stereocenters. The minimum absolute atomic E-state index is 0.197. The van der Waals surface area contributed by atoms with Crippen molar-refractivity contribution in [1.29, 1.82) is 0 Å². The van der Waals surface area contributed by atoms with E-state index in [1.807, 2.05) is 30.3 Å². The summed E-state index contributed by atoms with van der Waals surface area (Å²) in [7, 11) is 0. The number of rotatable bonds is 4. The SMILES string of the molecule is CCCC1CCC(N)C(Oc2ccccc2)C1. The van der Waals surface area contributed by atoms with Crippen LogP contribution in [0.5, 0.6) is 5.75 Å². The summed E-state index contributed by atoms with van der Waals surface area (Å²) in [6.07, 6.45) is 6.25. The van der Waals surface area contributed by atoms with Gasteiger partial charge in [0.05, 0.1) is 0 Å². The Morgan fingerprint density at radius 2 is 2.00 bits per heavy atom. The lowest BCUT2D eigenvalue weighted by atomic mass is 9.82. The lowest BCUT2D eigenvalue weighted by Gasteiger charge is -2.34. The highest BCUT2D eigenvalue weighted by Gasteiger charge is 2.29. The summed E-state index contributed by atoms with van der Waals surface area (Å²) in [6, 6.07) is 10.2. The van der Waals surface area contributed by atoms with Crippen molar-refractivity contribution in [1.82, 2.24) is 0 Å². The molecular formula is C15H23NO. The second-order valence-corrected chi connectivity index (χ2v) is 5.10. The van der Waals surface area contributed by atoms with Crippen molar-refractivity contribution in [3.63, 3.8) is 0 Å². The van der Waals surface area contributed by atoms with Gasteiger partial charge in [0.15, 0.2) is 0 Å². The molecule has 0 aliphatic heterocycles. The Morgan fingerprint density at radius 3 is 2.71 bits per heavy atom. The second kappa shape index (κ2) is 6.06. The molecule has 0 bridgehead atoms. The molecule has 0 saturated heterocycles. The average Bonchev–Trinajstić information content (AvgIpc) is 2.35. The molecule has 0 spiro atoms. The van der Waals surface area contributed by atoms with Gasteiger partial charge >= 0.3 is 0 Å². The molecule has 1 aliphatic rings. The molecule has 0 heterocycles. The van der Waals surface area contributed by atoms with Gasteiger partial charge in [0.1, 0.15) is 11.9 Å². The van der Waals surface area contributed by atoms with Crippen LogP contribution in [0.3, 0.4) is 0 Å². The van der Waals surface area contributed by atoms with E-state index in [-0.39, 0.29) is 12.1 Å². The van der Waals surface area contributed by atoms with Crippen molar-refractivity contribution in [2.24, 2.45) is 11.7 Å². The number of benzene rings is 1. The van der Waals surface area contributed by atoms with Gasteiger partial charge in [-0.2, -0.15) is 0 Å². The van der Waals surface area contributed by atoms with E-state index in [2.05, 4.69) is 6.92 Å². The van der Waals surface area contributed by atoms with Gasteiger partial charge in [0.2, 0.25) is 0 Å². The molecule has 1 aromatic carbocycles. The Balaban J connectivity index is 1.94. The van der Waals surface area contributed by atoms with Crippen molar-refractivity contribution in [3.8, 4) is 5.75 Å². The van der Waals surface area contributed by atoms with Crippen LogP contribution in [0.4, 0.5) is 0 Å². The Labute approximate surface area is 104 Å². The van der Waals surface area contributed by atoms with E-state index in [0.717, 1.165) is 24.5 Å². The summed E-state index contributed by atoms with van der Waals surface area (Å²) in [5, 5.41) is 0. The maximum atomic E-state index is 6.16. The van der Waals surface area contributed by atoms with Gasteiger partial charge in [-0.25, -0.2) is 0 Å². The van der Waals surface area contributed by atoms with Crippen LogP contribution in [-0.4, -0.2) is 12.1 Å².